The molecule has 0 fully saturated rings. The van der Waals surface area contributed by atoms with Crippen molar-refractivity contribution in [3.05, 3.63) is 0 Å². The number of rotatable bonds is 7. The molecule has 2 N–H and O–H groups in total. The van der Waals surface area contributed by atoms with Gasteiger partial charge in [-0.25, -0.2) is 0 Å². The van der Waals surface area contributed by atoms with Crippen molar-refractivity contribution < 1.29 is 4.79 Å². The summed E-state index contributed by atoms with van der Waals surface area (Å²) in [5.41, 5.74) is 0.168. The van der Waals surface area contributed by atoms with E-state index in [0.29, 0.717) is 18.4 Å². The number of carbonyl (C=O) groups is 1. The molecule has 0 unspecified atom stereocenters. The van der Waals surface area contributed by atoms with Gasteiger partial charge in [0, 0.05) is 25.6 Å². The van der Waals surface area contributed by atoms with Crippen molar-refractivity contribution in [2.75, 3.05) is 13.1 Å². The molecule has 0 aromatic rings. The molecule has 0 aliphatic carbocycles. The zero-order valence-corrected chi connectivity index (χ0v) is 11.7. The lowest BCUT2D eigenvalue weighted by atomic mass is 9.81. The number of hydrogen-bond donors (Lipinski definition) is 2. The van der Waals surface area contributed by atoms with E-state index in [2.05, 4.69) is 52.2 Å². The molecule has 0 aromatic carbocycles. The summed E-state index contributed by atoms with van der Waals surface area (Å²) in [6.07, 6.45) is 0.562. The highest BCUT2D eigenvalue weighted by molar-refractivity contribution is 5.76. The molecule has 0 atom stereocenters. The third kappa shape index (κ3) is 6.83. The van der Waals surface area contributed by atoms with Gasteiger partial charge in [-0.05, 0) is 11.3 Å². The maximum absolute atomic E-state index is 11.5. The molecule has 0 saturated carbocycles. The predicted molar refractivity (Wildman–Crippen MR) is 69.4 cm³/mol. The van der Waals surface area contributed by atoms with Gasteiger partial charge in [0.25, 0.3) is 0 Å². The number of carbonyl (C=O) groups excluding carboxylic acids is 1. The van der Waals surface area contributed by atoms with Crippen LogP contribution in [0.2, 0.25) is 0 Å². The van der Waals surface area contributed by atoms with Gasteiger partial charge in [0.15, 0.2) is 0 Å². The molecule has 0 bridgehead atoms. The van der Waals surface area contributed by atoms with Crippen LogP contribution in [0, 0.1) is 11.3 Å². The summed E-state index contributed by atoms with van der Waals surface area (Å²) in [6, 6.07) is 0.444. The monoisotopic (exact) mass is 228 g/mol. The van der Waals surface area contributed by atoms with E-state index in [9.17, 15) is 4.79 Å². The van der Waals surface area contributed by atoms with Crippen molar-refractivity contribution in [3.63, 3.8) is 0 Å². The molecule has 0 spiro atoms. The van der Waals surface area contributed by atoms with E-state index in [-0.39, 0.29) is 11.3 Å². The van der Waals surface area contributed by atoms with Crippen LogP contribution in [0.1, 0.15) is 48.0 Å². The Morgan fingerprint density at radius 2 is 1.75 bits per heavy atom. The Morgan fingerprint density at radius 3 is 2.19 bits per heavy atom. The summed E-state index contributed by atoms with van der Waals surface area (Å²) in [7, 11) is 0. The van der Waals surface area contributed by atoms with E-state index < -0.39 is 0 Å². The lowest BCUT2D eigenvalue weighted by molar-refractivity contribution is -0.121. The fraction of sp³-hybridized carbons (Fsp3) is 0.923. The first-order chi connectivity index (χ1) is 7.25. The molecule has 16 heavy (non-hydrogen) atoms. The SMILES string of the molecule is CC(C)NCCC(=O)NCC(C)(C)C(C)C. The highest BCUT2D eigenvalue weighted by Crippen LogP contribution is 2.24. The van der Waals surface area contributed by atoms with Crippen molar-refractivity contribution in [3.8, 4) is 0 Å². The normalized spacial score (nSPS) is 12.2. The average Bonchev–Trinajstić information content (AvgIpc) is 2.14. The maximum atomic E-state index is 11.5. The minimum Gasteiger partial charge on any atom is -0.356 e. The quantitative estimate of drug-likeness (QED) is 0.701. The lowest BCUT2D eigenvalue weighted by Gasteiger charge is -2.29. The summed E-state index contributed by atoms with van der Waals surface area (Å²) in [5, 5.41) is 6.23. The molecule has 3 nitrogen and oxygen atoms in total. The standard InChI is InChI=1S/C13H28N2O/c1-10(2)13(5,6)9-15-12(16)7-8-14-11(3)4/h10-11,14H,7-9H2,1-6H3,(H,15,16). The summed E-state index contributed by atoms with van der Waals surface area (Å²) < 4.78 is 0. The zero-order valence-electron chi connectivity index (χ0n) is 11.7. The van der Waals surface area contributed by atoms with Gasteiger partial charge in [0.2, 0.25) is 5.91 Å². The first-order valence-electron chi connectivity index (χ1n) is 6.26. The Hall–Kier alpha value is -0.570. The van der Waals surface area contributed by atoms with Crippen LogP contribution < -0.4 is 10.6 Å². The third-order valence-corrected chi connectivity index (χ3v) is 3.21. The van der Waals surface area contributed by atoms with E-state index in [1.165, 1.54) is 0 Å². The van der Waals surface area contributed by atoms with Crippen LogP contribution in [0.25, 0.3) is 0 Å². The first kappa shape index (κ1) is 15.4. The van der Waals surface area contributed by atoms with Gasteiger partial charge >= 0.3 is 0 Å². The van der Waals surface area contributed by atoms with Crippen molar-refractivity contribution in [1.82, 2.24) is 10.6 Å². The molecular weight excluding hydrogens is 200 g/mol. The smallest absolute Gasteiger partial charge is 0.221 e. The molecule has 0 aliphatic heterocycles. The van der Waals surface area contributed by atoms with Crippen LogP contribution in [0.5, 0.6) is 0 Å². The highest BCUT2D eigenvalue weighted by Gasteiger charge is 2.22. The van der Waals surface area contributed by atoms with Gasteiger partial charge in [-0.15, -0.1) is 0 Å². The molecule has 1 amide bonds. The van der Waals surface area contributed by atoms with E-state index >= 15 is 0 Å². The first-order valence-corrected chi connectivity index (χ1v) is 6.26. The van der Waals surface area contributed by atoms with Gasteiger partial charge in [-0.1, -0.05) is 41.5 Å². The Balaban J connectivity index is 3.73. The Labute approximate surface area is 100 Å². The van der Waals surface area contributed by atoms with E-state index in [1.54, 1.807) is 0 Å². The topological polar surface area (TPSA) is 41.1 Å². The number of hydrogen-bond acceptors (Lipinski definition) is 2. The molecule has 0 radical (unpaired) electrons. The second-order valence-corrected chi connectivity index (χ2v) is 5.78. The molecule has 0 aromatic heterocycles. The fourth-order valence-electron chi connectivity index (χ4n) is 1.09. The van der Waals surface area contributed by atoms with Gasteiger partial charge in [0.1, 0.15) is 0 Å². The largest absolute Gasteiger partial charge is 0.356 e. The van der Waals surface area contributed by atoms with Crippen molar-refractivity contribution in [2.24, 2.45) is 11.3 Å². The number of nitrogens with one attached hydrogen (secondary N) is 2. The van der Waals surface area contributed by atoms with Gasteiger partial charge in [-0.3, -0.25) is 4.79 Å². The molecule has 0 heterocycles. The summed E-state index contributed by atoms with van der Waals surface area (Å²) >= 11 is 0. The second kappa shape index (κ2) is 6.89. The summed E-state index contributed by atoms with van der Waals surface area (Å²) in [6.45, 7) is 14.4. The molecule has 0 saturated heterocycles. The summed E-state index contributed by atoms with van der Waals surface area (Å²) in [4.78, 5) is 11.5. The minimum absolute atomic E-state index is 0.141. The zero-order chi connectivity index (χ0) is 12.8. The van der Waals surface area contributed by atoms with Crippen LogP contribution in [-0.2, 0) is 4.79 Å². The van der Waals surface area contributed by atoms with Crippen molar-refractivity contribution in [1.29, 1.82) is 0 Å². The third-order valence-electron chi connectivity index (χ3n) is 3.21. The van der Waals surface area contributed by atoms with Gasteiger partial charge in [-0.2, -0.15) is 0 Å². The van der Waals surface area contributed by atoms with Crippen LogP contribution in [-0.4, -0.2) is 25.0 Å². The predicted octanol–water partition coefficient (Wildman–Crippen LogP) is 2.17. The Bertz CT molecular complexity index is 210. The van der Waals surface area contributed by atoms with E-state index in [1.807, 2.05) is 0 Å². The highest BCUT2D eigenvalue weighted by atomic mass is 16.1. The Morgan fingerprint density at radius 1 is 1.19 bits per heavy atom. The van der Waals surface area contributed by atoms with Gasteiger partial charge in [0.05, 0.1) is 0 Å². The van der Waals surface area contributed by atoms with Crippen LogP contribution >= 0.6 is 0 Å². The summed E-state index contributed by atoms with van der Waals surface area (Å²) in [5.74, 6) is 0.712. The van der Waals surface area contributed by atoms with Crippen LogP contribution in [0.4, 0.5) is 0 Å². The molecule has 3 heteroatoms. The van der Waals surface area contributed by atoms with E-state index in [0.717, 1.165) is 13.1 Å². The van der Waals surface area contributed by atoms with Crippen molar-refractivity contribution >= 4 is 5.91 Å². The molecule has 0 aliphatic rings. The van der Waals surface area contributed by atoms with Crippen LogP contribution in [0.3, 0.4) is 0 Å². The van der Waals surface area contributed by atoms with Gasteiger partial charge < -0.3 is 10.6 Å². The second-order valence-electron chi connectivity index (χ2n) is 5.78. The number of amides is 1. The molecule has 0 rings (SSSR count). The Kier molecular flexibility index (Phi) is 6.65. The molecular formula is C13H28N2O. The van der Waals surface area contributed by atoms with Crippen LogP contribution in [0.15, 0.2) is 0 Å². The average molecular weight is 228 g/mol. The fourth-order valence-corrected chi connectivity index (χ4v) is 1.09. The molecule has 96 valence electrons. The van der Waals surface area contributed by atoms with E-state index in [4.69, 9.17) is 0 Å². The lowest BCUT2D eigenvalue weighted by Crippen LogP contribution is -2.38. The van der Waals surface area contributed by atoms with Crippen molar-refractivity contribution in [2.45, 2.75) is 54.0 Å². The minimum atomic E-state index is 0.141. The maximum Gasteiger partial charge on any atom is 0.221 e.